The summed E-state index contributed by atoms with van der Waals surface area (Å²) in [4.78, 5) is 4.05. The summed E-state index contributed by atoms with van der Waals surface area (Å²) in [5, 5.41) is 3.57. The van der Waals surface area contributed by atoms with Gasteiger partial charge in [0.05, 0.1) is 0 Å². The predicted molar refractivity (Wildman–Crippen MR) is 84.7 cm³/mol. The van der Waals surface area contributed by atoms with E-state index in [9.17, 15) is 0 Å². The van der Waals surface area contributed by atoms with Gasteiger partial charge in [0, 0.05) is 12.2 Å². The average molecular weight is 269 g/mol. The van der Waals surface area contributed by atoms with Gasteiger partial charge >= 0.3 is 0 Å². The first-order valence-electron chi connectivity index (χ1n) is 7.17. The van der Waals surface area contributed by atoms with Gasteiger partial charge in [-0.05, 0) is 55.1 Å². The number of hydrogen-bond donors (Lipinski definition) is 2. The third-order valence-electron chi connectivity index (χ3n) is 3.55. The molecule has 0 aliphatic carbocycles. The van der Waals surface area contributed by atoms with Crippen LogP contribution in [0.15, 0.2) is 42.6 Å². The number of hydrogen-bond acceptors (Lipinski definition) is 3. The number of anilines is 1. The molecule has 0 fully saturated rings. The van der Waals surface area contributed by atoms with Crippen molar-refractivity contribution < 1.29 is 0 Å². The third kappa shape index (κ3) is 4.07. The molecule has 2 aromatic rings. The van der Waals surface area contributed by atoms with Crippen LogP contribution < -0.4 is 11.1 Å². The zero-order valence-corrected chi connectivity index (χ0v) is 12.3. The van der Waals surface area contributed by atoms with Gasteiger partial charge in [-0.1, -0.05) is 31.2 Å². The number of aromatic nitrogens is 1. The summed E-state index contributed by atoms with van der Waals surface area (Å²) in [7, 11) is 0. The first-order chi connectivity index (χ1) is 9.69. The second-order valence-electron chi connectivity index (χ2n) is 5.18. The van der Waals surface area contributed by atoms with E-state index in [1.54, 1.807) is 6.20 Å². The van der Waals surface area contributed by atoms with Gasteiger partial charge in [-0.3, -0.25) is 0 Å². The van der Waals surface area contributed by atoms with Gasteiger partial charge in [-0.2, -0.15) is 0 Å². The van der Waals surface area contributed by atoms with Crippen LogP contribution in [0.1, 0.15) is 23.6 Å². The normalized spacial score (nSPS) is 12.3. The fraction of sp³-hybridized carbons (Fsp3) is 0.353. The number of nitrogen functional groups attached to an aromatic ring is 1. The van der Waals surface area contributed by atoms with Crippen molar-refractivity contribution in [2.45, 2.75) is 32.7 Å². The highest BCUT2D eigenvalue weighted by Crippen LogP contribution is 2.13. The number of benzene rings is 1. The van der Waals surface area contributed by atoms with Crippen LogP contribution in [-0.2, 0) is 12.8 Å². The number of pyridine rings is 1. The van der Waals surface area contributed by atoms with Crippen molar-refractivity contribution >= 4 is 5.82 Å². The quantitative estimate of drug-likeness (QED) is 0.848. The molecule has 3 nitrogen and oxygen atoms in total. The van der Waals surface area contributed by atoms with E-state index in [0.29, 0.717) is 11.9 Å². The van der Waals surface area contributed by atoms with E-state index in [2.05, 4.69) is 48.4 Å². The summed E-state index contributed by atoms with van der Waals surface area (Å²) in [5.41, 5.74) is 9.74. The lowest BCUT2D eigenvalue weighted by Gasteiger charge is -2.19. The van der Waals surface area contributed by atoms with Crippen LogP contribution >= 0.6 is 0 Å². The van der Waals surface area contributed by atoms with Gasteiger partial charge in [0.15, 0.2) is 0 Å². The molecule has 0 saturated heterocycles. The molecule has 1 heterocycles. The molecule has 0 aliphatic heterocycles. The molecular formula is C17H23N3. The van der Waals surface area contributed by atoms with Crippen LogP contribution in [0.2, 0.25) is 0 Å². The minimum atomic E-state index is 0.419. The van der Waals surface area contributed by atoms with Gasteiger partial charge in [0.2, 0.25) is 0 Å². The summed E-state index contributed by atoms with van der Waals surface area (Å²) in [5.74, 6) is 0.591. The SMILES string of the molecule is CCNC(Cc1ccnc(N)c1)Cc1ccccc1C. The van der Waals surface area contributed by atoms with E-state index >= 15 is 0 Å². The minimum absolute atomic E-state index is 0.419. The van der Waals surface area contributed by atoms with Crippen molar-refractivity contribution in [3.63, 3.8) is 0 Å². The fourth-order valence-electron chi connectivity index (χ4n) is 2.52. The maximum absolute atomic E-state index is 5.75. The van der Waals surface area contributed by atoms with E-state index in [1.807, 2.05) is 12.1 Å². The monoisotopic (exact) mass is 269 g/mol. The van der Waals surface area contributed by atoms with Crippen molar-refractivity contribution in [2.75, 3.05) is 12.3 Å². The van der Waals surface area contributed by atoms with Gasteiger partial charge in [0.25, 0.3) is 0 Å². The number of nitrogens with two attached hydrogens (primary N) is 1. The van der Waals surface area contributed by atoms with E-state index < -0.39 is 0 Å². The van der Waals surface area contributed by atoms with E-state index in [1.165, 1.54) is 16.7 Å². The summed E-state index contributed by atoms with van der Waals surface area (Å²) in [6.07, 6.45) is 3.78. The molecule has 0 saturated carbocycles. The Hall–Kier alpha value is -1.87. The molecule has 0 spiro atoms. The molecule has 1 aromatic carbocycles. The Balaban J connectivity index is 2.09. The highest BCUT2D eigenvalue weighted by molar-refractivity contribution is 5.33. The number of likely N-dealkylation sites (N-methyl/N-ethyl adjacent to an activating group) is 1. The highest BCUT2D eigenvalue weighted by Gasteiger charge is 2.11. The topological polar surface area (TPSA) is 50.9 Å². The maximum Gasteiger partial charge on any atom is 0.123 e. The Kier molecular flexibility index (Phi) is 5.13. The van der Waals surface area contributed by atoms with Gasteiger partial charge < -0.3 is 11.1 Å². The number of nitrogens with zero attached hydrogens (tertiary/aromatic N) is 1. The van der Waals surface area contributed by atoms with E-state index in [-0.39, 0.29) is 0 Å². The molecular weight excluding hydrogens is 246 g/mol. The van der Waals surface area contributed by atoms with Gasteiger partial charge in [-0.25, -0.2) is 4.98 Å². The van der Waals surface area contributed by atoms with Crippen molar-refractivity contribution in [1.29, 1.82) is 0 Å². The molecule has 0 bridgehead atoms. The summed E-state index contributed by atoms with van der Waals surface area (Å²) >= 11 is 0. The Morgan fingerprint density at radius 3 is 2.70 bits per heavy atom. The highest BCUT2D eigenvalue weighted by atomic mass is 14.9. The number of aryl methyl sites for hydroxylation is 1. The Bertz CT molecular complexity index is 551. The summed E-state index contributed by atoms with van der Waals surface area (Å²) in [6, 6.07) is 13.0. The first-order valence-corrected chi connectivity index (χ1v) is 7.17. The molecule has 1 aromatic heterocycles. The van der Waals surface area contributed by atoms with Gasteiger partial charge in [-0.15, -0.1) is 0 Å². The smallest absolute Gasteiger partial charge is 0.123 e. The summed E-state index contributed by atoms with van der Waals surface area (Å²) in [6.45, 7) is 5.28. The van der Waals surface area contributed by atoms with Crippen LogP contribution in [0.4, 0.5) is 5.82 Å². The molecule has 3 N–H and O–H groups in total. The first kappa shape index (κ1) is 14.5. The maximum atomic E-state index is 5.75. The zero-order valence-electron chi connectivity index (χ0n) is 12.3. The second kappa shape index (κ2) is 7.06. The van der Waals surface area contributed by atoms with Crippen molar-refractivity contribution in [3.8, 4) is 0 Å². The minimum Gasteiger partial charge on any atom is -0.384 e. The van der Waals surface area contributed by atoms with E-state index in [0.717, 1.165) is 19.4 Å². The van der Waals surface area contributed by atoms with Crippen LogP contribution in [0.5, 0.6) is 0 Å². The molecule has 1 atom stereocenters. The van der Waals surface area contributed by atoms with Crippen molar-refractivity contribution in [3.05, 3.63) is 59.3 Å². The molecule has 0 aliphatic rings. The number of nitrogens with one attached hydrogen (secondary N) is 1. The molecule has 3 heteroatoms. The Labute approximate surface area is 121 Å². The van der Waals surface area contributed by atoms with Crippen LogP contribution in [0.3, 0.4) is 0 Å². The lowest BCUT2D eigenvalue weighted by Crippen LogP contribution is -2.33. The lowest BCUT2D eigenvalue weighted by molar-refractivity contribution is 0.520. The Morgan fingerprint density at radius 2 is 2.00 bits per heavy atom. The Morgan fingerprint density at radius 1 is 1.20 bits per heavy atom. The molecule has 0 radical (unpaired) electrons. The molecule has 20 heavy (non-hydrogen) atoms. The molecule has 1 unspecified atom stereocenters. The molecule has 2 rings (SSSR count). The third-order valence-corrected chi connectivity index (χ3v) is 3.55. The standard InChI is InChI=1S/C17H23N3/c1-3-19-16(10-14-8-9-20-17(18)11-14)12-15-7-5-4-6-13(15)2/h4-9,11,16,19H,3,10,12H2,1-2H3,(H2,18,20). The predicted octanol–water partition coefficient (Wildman–Crippen LogP) is 2.74. The zero-order chi connectivity index (χ0) is 14.4. The van der Waals surface area contributed by atoms with Crippen LogP contribution in [-0.4, -0.2) is 17.6 Å². The largest absolute Gasteiger partial charge is 0.384 e. The number of rotatable bonds is 6. The molecule has 106 valence electrons. The second-order valence-corrected chi connectivity index (χ2v) is 5.18. The average Bonchev–Trinajstić information content (AvgIpc) is 2.42. The van der Waals surface area contributed by atoms with Crippen LogP contribution in [0.25, 0.3) is 0 Å². The van der Waals surface area contributed by atoms with Crippen molar-refractivity contribution in [2.24, 2.45) is 0 Å². The fourth-order valence-corrected chi connectivity index (χ4v) is 2.52. The summed E-state index contributed by atoms with van der Waals surface area (Å²) < 4.78 is 0. The lowest BCUT2D eigenvalue weighted by atomic mass is 9.96. The molecule has 0 amide bonds. The van der Waals surface area contributed by atoms with Crippen LogP contribution in [0, 0.1) is 6.92 Å². The van der Waals surface area contributed by atoms with E-state index in [4.69, 9.17) is 5.73 Å². The van der Waals surface area contributed by atoms with Gasteiger partial charge in [0.1, 0.15) is 5.82 Å². The van der Waals surface area contributed by atoms with Crippen molar-refractivity contribution in [1.82, 2.24) is 10.3 Å².